The van der Waals surface area contributed by atoms with Crippen LogP contribution in [-0.2, 0) is 4.79 Å². The van der Waals surface area contributed by atoms with Gasteiger partial charge in [-0.15, -0.1) is 0 Å². The molecule has 3 aromatic rings. The van der Waals surface area contributed by atoms with Crippen molar-refractivity contribution in [3.05, 3.63) is 90.0 Å². The van der Waals surface area contributed by atoms with Crippen molar-refractivity contribution in [3.8, 4) is 22.6 Å². The van der Waals surface area contributed by atoms with Crippen LogP contribution in [0.3, 0.4) is 0 Å². The van der Waals surface area contributed by atoms with Crippen LogP contribution >= 0.6 is 0 Å². The Bertz CT molecular complexity index is 994. The molecular formula is C23H20N2O3. The van der Waals surface area contributed by atoms with Gasteiger partial charge in [0, 0.05) is 11.6 Å². The molecular weight excluding hydrogens is 352 g/mol. The van der Waals surface area contributed by atoms with E-state index in [-0.39, 0.29) is 11.7 Å². The van der Waals surface area contributed by atoms with Crippen LogP contribution in [0.25, 0.3) is 17.2 Å². The standard InChI is InChI=1S/C23H20N2O3/c1-28-21-12-13-22(26)20(15-21)16-24-25-23(27)14-9-17-7-10-19(11-8-17)18-5-3-2-4-6-18/h2-16,26H,1H3,(H,25,27). The molecule has 0 bridgehead atoms. The third kappa shape index (κ3) is 5.08. The quantitative estimate of drug-likeness (QED) is 0.386. The van der Waals surface area contributed by atoms with E-state index in [4.69, 9.17) is 4.74 Å². The molecule has 0 fully saturated rings. The number of carbonyl (C=O) groups excluding carboxylic acids is 1. The monoisotopic (exact) mass is 372 g/mol. The first-order chi connectivity index (χ1) is 13.7. The second-order valence-corrected chi connectivity index (χ2v) is 5.98. The third-order valence-corrected chi connectivity index (χ3v) is 4.06. The van der Waals surface area contributed by atoms with Crippen molar-refractivity contribution in [2.24, 2.45) is 5.10 Å². The lowest BCUT2D eigenvalue weighted by Gasteiger charge is -2.03. The Morgan fingerprint density at radius 1 is 1.00 bits per heavy atom. The topological polar surface area (TPSA) is 70.9 Å². The molecule has 5 nitrogen and oxygen atoms in total. The van der Waals surface area contributed by atoms with Crippen LogP contribution in [0, 0.1) is 0 Å². The Kier molecular flexibility index (Phi) is 6.21. The van der Waals surface area contributed by atoms with Gasteiger partial charge in [0.15, 0.2) is 0 Å². The molecule has 0 heterocycles. The summed E-state index contributed by atoms with van der Waals surface area (Å²) in [6.07, 6.45) is 4.47. The smallest absolute Gasteiger partial charge is 0.264 e. The van der Waals surface area contributed by atoms with Crippen molar-refractivity contribution in [1.82, 2.24) is 5.43 Å². The first-order valence-electron chi connectivity index (χ1n) is 8.69. The predicted octanol–water partition coefficient (Wildman–Crippen LogP) is 4.23. The van der Waals surface area contributed by atoms with Gasteiger partial charge in [0.25, 0.3) is 5.91 Å². The summed E-state index contributed by atoms with van der Waals surface area (Å²) in [6.45, 7) is 0. The van der Waals surface area contributed by atoms with Crippen LogP contribution in [0.4, 0.5) is 0 Å². The SMILES string of the molecule is COc1ccc(O)c(C=NNC(=O)C=Cc2ccc(-c3ccccc3)cc2)c1. The highest BCUT2D eigenvalue weighted by Gasteiger charge is 2.01. The van der Waals surface area contributed by atoms with Gasteiger partial charge in [-0.3, -0.25) is 4.79 Å². The lowest BCUT2D eigenvalue weighted by Crippen LogP contribution is -2.14. The Morgan fingerprint density at radius 2 is 1.71 bits per heavy atom. The van der Waals surface area contributed by atoms with Crippen LogP contribution < -0.4 is 10.2 Å². The average molecular weight is 372 g/mol. The molecule has 0 radical (unpaired) electrons. The average Bonchev–Trinajstić information content (AvgIpc) is 2.74. The maximum atomic E-state index is 11.9. The number of nitrogens with zero attached hydrogens (tertiary/aromatic N) is 1. The third-order valence-electron chi connectivity index (χ3n) is 4.06. The molecule has 28 heavy (non-hydrogen) atoms. The Labute approximate surface area is 163 Å². The second kappa shape index (κ2) is 9.19. The minimum atomic E-state index is -0.370. The summed E-state index contributed by atoms with van der Waals surface area (Å²) in [7, 11) is 1.53. The fourth-order valence-electron chi connectivity index (χ4n) is 2.55. The summed E-state index contributed by atoms with van der Waals surface area (Å²) in [4.78, 5) is 11.9. The van der Waals surface area contributed by atoms with Crippen LogP contribution in [0.15, 0.2) is 84.0 Å². The zero-order valence-corrected chi connectivity index (χ0v) is 15.4. The van der Waals surface area contributed by atoms with Crippen molar-refractivity contribution in [2.45, 2.75) is 0 Å². The number of methoxy groups -OCH3 is 1. The van der Waals surface area contributed by atoms with Gasteiger partial charge in [0.1, 0.15) is 11.5 Å². The van der Waals surface area contributed by atoms with Gasteiger partial charge in [-0.2, -0.15) is 5.10 Å². The highest BCUT2D eigenvalue weighted by Crippen LogP contribution is 2.21. The number of hydrogen-bond acceptors (Lipinski definition) is 4. The number of phenols is 1. The number of phenolic OH excluding ortho intramolecular Hbond substituents is 1. The van der Waals surface area contributed by atoms with E-state index >= 15 is 0 Å². The molecule has 5 heteroatoms. The first-order valence-corrected chi connectivity index (χ1v) is 8.69. The Morgan fingerprint density at radius 3 is 2.43 bits per heavy atom. The van der Waals surface area contributed by atoms with E-state index in [0.29, 0.717) is 11.3 Å². The van der Waals surface area contributed by atoms with Crippen LogP contribution in [0.1, 0.15) is 11.1 Å². The second-order valence-electron chi connectivity index (χ2n) is 5.98. The predicted molar refractivity (Wildman–Crippen MR) is 111 cm³/mol. The van der Waals surface area contributed by atoms with E-state index in [0.717, 1.165) is 16.7 Å². The molecule has 3 rings (SSSR count). The molecule has 0 unspecified atom stereocenters. The number of hydrazone groups is 1. The van der Waals surface area contributed by atoms with Crippen molar-refractivity contribution in [1.29, 1.82) is 0 Å². The molecule has 0 spiro atoms. The van der Waals surface area contributed by atoms with Gasteiger partial charge in [-0.25, -0.2) is 5.43 Å². The molecule has 0 aliphatic carbocycles. The highest BCUT2D eigenvalue weighted by atomic mass is 16.5. The Balaban J connectivity index is 1.58. The minimum Gasteiger partial charge on any atom is -0.507 e. The zero-order valence-electron chi connectivity index (χ0n) is 15.4. The molecule has 2 N–H and O–H groups in total. The van der Waals surface area contributed by atoms with Crippen molar-refractivity contribution < 1.29 is 14.6 Å². The normalized spacial score (nSPS) is 11.0. The lowest BCUT2D eigenvalue weighted by molar-refractivity contribution is -0.116. The maximum Gasteiger partial charge on any atom is 0.264 e. The number of amides is 1. The molecule has 0 saturated carbocycles. The molecule has 0 aromatic heterocycles. The number of nitrogens with one attached hydrogen (secondary N) is 1. The number of benzene rings is 3. The van der Waals surface area contributed by atoms with Crippen molar-refractivity contribution in [3.63, 3.8) is 0 Å². The van der Waals surface area contributed by atoms with Gasteiger partial charge in [-0.1, -0.05) is 54.6 Å². The fourth-order valence-corrected chi connectivity index (χ4v) is 2.55. The summed E-state index contributed by atoms with van der Waals surface area (Å²) < 4.78 is 5.09. The number of aromatic hydroxyl groups is 1. The molecule has 1 amide bonds. The van der Waals surface area contributed by atoms with E-state index in [1.165, 1.54) is 25.5 Å². The number of rotatable bonds is 6. The number of ether oxygens (including phenoxy) is 1. The van der Waals surface area contributed by atoms with Crippen molar-refractivity contribution in [2.75, 3.05) is 7.11 Å². The Hall–Kier alpha value is -3.86. The first kappa shape index (κ1) is 18.9. The van der Waals surface area contributed by atoms with Gasteiger partial charge in [-0.05, 0) is 41.0 Å². The summed E-state index contributed by atoms with van der Waals surface area (Å²) in [5.41, 5.74) is 6.01. The number of hydrogen-bond donors (Lipinski definition) is 2. The summed E-state index contributed by atoms with van der Waals surface area (Å²) in [5, 5.41) is 13.6. The van der Waals surface area contributed by atoms with Crippen LogP contribution in [0.5, 0.6) is 11.5 Å². The fraction of sp³-hybridized carbons (Fsp3) is 0.0435. The molecule has 140 valence electrons. The van der Waals surface area contributed by atoms with Crippen molar-refractivity contribution >= 4 is 18.2 Å². The van der Waals surface area contributed by atoms with Crippen LogP contribution in [-0.4, -0.2) is 24.3 Å². The van der Waals surface area contributed by atoms with E-state index < -0.39 is 0 Å². The minimum absolute atomic E-state index is 0.0489. The molecule has 0 saturated heterocycles. The summed E-state index contributed by atoms with van der Waals surface area (Å²) in [6, 6.07) is 22.8. The highest BCUT2D eigenvalue weighted by molar-refractivity contribution is 5.93. The van der Waals surface area contributed by atoms with Gasteiger partial charge in [0.05, 0.1) is 13.3 Å². The van der Waals surface area contributed by atoms with E-state index in [1.807, 2.05) is 42.5 Å². The number of carbonyl (C=O) groups is 1. The summed E-state index contributed by atoms with van der Waals surface area (Å²) in [5.74, 6) is 0.267. The molecule has 0 atom stereocenters. The molecule has 3 aromatic carbocycles. The largest absolute Gasteiger partial charge is 0.507 e. The maximum absolute atomic E-state index is 11.9. The van der Waals surface area contributed by atoms with Crippen LogP contribution in [0.2, 0.25) is 0 Å². The van der Waals surface area contributed by atoms with E-state index in [9.17, 15) is 9.90 Å². The van der Waals surface area contributed by atoms with Gasteiger partial charge < -0.3 is 9.84 Å². The lowest BCUT2D eigenvalue weighted by atomic mass is 10.0. The van der Waals surface area contributed by atoms with E-state index in [1.54, 1.807) is 18.2 Å². The van der Waals surface area contributed by atoms with Gasteiger partial charge >= 0.3 is 0 Å². The molecule has 0 aliphatic rings. The zero-order chi connectivity index (χ0) is 19.8. The molecule has 0 aliphatic heterocycles. The van der Waals surface area contributed by atoms with Gasteiger partial charge in [0.2, 0.25) is 0 Å². The van der Waals surface area contributed by atoms with E-state index in [2.05, 4.69) is 22.7 Å². The summed E-state index contributed by atoms with van der Waals surface area (Å²) >= 11 is 0.